The summed E-state index contributed by atoms with van der Waals surface area (Å²) in [4.78, 5) is 0. The maximum atomic E-state index is 11.9. The van der Waals surface area contributed by atoms with Gasteiger partial charge in [0.2, 0.25) is 10.0 Å². The van der Waals surface area contributed by atoms with Gasteiger partial charge < -0.3 is 0 Å². The van der Waals surface area contributed by atoms with Gasteiger partial charge in [-0.2, -0.15) is 9.40 Å². The highest BCUT2D eigenvalue weighted by atomic mass is 32.2. The molecule has 0 radical (unpaired) electrons. The van der Waals surface area contributed by atoms with Crippen molar-refractivity contribution in [3.8, 4) is 0 Å². The van der Waals surface area contributed by atoms with Crippen LogP contribution in [-0.4, -0.2) is 35.3 Å². The molecule has 0 spiro atoms. The van der Waals surface area contributed by atoms with Crippen LogP contribution < -0.4 is 0 Å². The van der Waals surface area contributed by atoms with Crippen molar-refractivity contribution in [1.82, 2.24) is 14.1 Å². The van der Waals surface area contributed by atoms with Gasteiger partial charge in [-0.05, 0) is 19.4 Å². The molecule has 0 saturated heterocycles. The van der Waals surface area contributed by atoms with E-state index in [1.54, 1.807) is 13.2 Å². The lowest BCUT2D eigenvalue weighted by Gasteiger charge is -2.17. The molecule has 5 nitrogen and oxygen atoms in total. The Morgan fingerprint density at radius 3 is 2.71 bits per heavy atom. The number of hydrogen-bond donors (Lipinski definition) is 0. The zero-order chi connectivity index (χ0) is 12.9. The lowest BCUT2D eigenvalue weighted by molar-refractivity contribution is 0.446. The highest BCUT2D eigenvalue weighted by molar-refractivity contribution is 7.89. The third-order valence-corrected chi connectivity index (χ3v) is 4.60. The van der Waals surface area contributed by atoms with Crippen LogP contribution in [0, 0.1) is 0 Å². The van der Waals surface area contributed by atoms with E-state index in [4.69, 9.17) is 0 Å². The predicted molar refractivity (Wildman–Crippen MR) is 68.1 cm³/mol. The standard InChI is InChI=1S/C11H21N3O2S/c1-4-6-9-17(15,16)13(3)10-11-7-8-12-14(11)5-2/h7-8H,4-6,9-10H2,1-3H3. The minimum absolute atomic E-state index is 0.222. The molecular weight excluding hydrogens is 238 g/mol. The summed E-state index contributed by atoms with van der Waals surface area (Å²) < 4.78 is 27.0. The molecular formula is C11H21N3O2S. The molecule has 1 aromatic heterocycles. The minimum atomic E-state index is -3.13. The quantitative estimate of drug-likeness (QED) is 0.745. The van der Waals surface area contributed by atoms with Gasteiger partial charge in [0.25, 0.3) is 0 Å². The SMILES string of the molecule is CCCCS(=O)(=O)N(C)Cc1ccnn1CC. The normalized spacial score (nSPS) is 12.2. The Bertz CT molecular complexity index is 439. The van der Waals surface area contributed by atoms with Gasteiger partial charge in [-0.25, -0.2) is 8.42 Å². The largest absolute Gasteiger partial charge is 0.269 e. The monoisotopic (exact) mass is 259 g/mol. The van der Waals surface area contributed by atoms with Crippen molar-refractivity contribution in [2.75, 3.05) is 12.8 Å². The van der Waals surface area contributed by atoms with Gasteiger partial charge in [0, 0.05) is 19.8 Å². The average Bonchev–Trinajstić information content (AvgIpc) is 2.73. The Balaban J connectivity index is 2.68. The van der Waals surface area contributed by atoms with Crippen molar-refractivity contribution >= 4 is 10.0 Å². The number of aromatic nitrogens is 2. The van der Waals surface area contributed by atoms with E-state index in [-0.39, 0.29) is 5.75 Å². The lowest BCUT2D eigenvalue weighted by atomic mass is 10.4. The zero-order valence-corrected chi connectivity index (χ0v) is 11.6. The zero-order valence-electron chi connectivity index (χ0n) is 10.8. The third kappa shape index (κ3) is 3.81. The molecule has 0 aromatic carbocycles. The Morgan fingerprint density at radius 1 is 1.41 bits per heavy atom. The molecule has 1 aromatic rings. The van der Waals surface area contributed by atoms with E-state index in [9.17, 15) is 8.42 Å². The fourth-order valence-corrected chi connectivity index (χ4v) is 2.88. The Kier molecular flexibility index (Phi) is 5.14. The van der Waals surface area contributed by atoms with Crippen molar-refractivity contribution in [2.45, 2.75) is 39.8 Å². The number of sulfonamides is 1. The molecule has 1 heterocycles. The van der Waals surface area contributed by atoms with E-state index in [0.29, 0.717) is 13.0 Å². The van der Waals surface area contributed by atoms with Crippen LogP contribution in [0.4, 0.5) is 0 Å². The number of rotatable bonds is 7. The van der Waals surface area contributed by atoms with Crippen LogP contribution in [0.1, 0.15) is 32.4 Å². The van der Waals surface area contributed by atoms with Gasteiger partial charge in [0.15, 0.2) is 0 Å². The minimum Gasteiger partial charge on any atom is -0.269 e. The molecule has 0 fully saturated rings. The Hall–Kier alpha value is -0.880. The molecule has 98 valence electrons. The number of hydrogen-bond acceptors (Lipinski definition) is 3. The van der Waals surface area contributed by atoms with Gasteiger partial charge in [0.05, 0.1) is 18.0 Å². The number of unbranched alkanes of at least 4 members (excludes halogenated alkanes) is 1. The van der Waals surface area contributed by atoms with E-state index in [0.717, 1.165) is 18.7 Å². The summed E-state index contributed by atoms with van der Waals surface area (Å²) in [6, 6.07) is 1.86. The van der Waals surface area contributed by atoms with Crippen molar-refractivity contribution in [2.24, 2.45) is 0 Å². The number of aryl methyl sites for hydroxylation is 1. The molecule has 0 saturated carbocycles. The second kappa shape index (κ2) is 6.16. The van der Waals surface area contributed by atoms with Gasteiger partial charge in [-0.3, -0.25) is 4.68 Å². The third-order valence-electron chi connectivity index (χ3n) is 2.72. The molecule has 0 atom stereocenters. The molecule has 0 aliphatic carbocycles. The molecule has 0 unspecified atom stereocenters. The average molecular weight is 259 g/mol. The first kappa shape index (κ1) is 14.2. The fourth-order valence-electron chi connectivity index (χ4n) is 1.59. The molecule has 0 aliphatic rings. The highest BCUT2D eigenvalue weighted by Gasteiger charge is 2.18. The summed E-state index contributed by atoms with van der Waals surface area (Å²) in [6.45, 7) is 5.12. The van der Waals surface area contributed by atoms with E-state index < -0.39 is 10.0 Å². The van der Waals surface area contributed by atoms with Gasteiger partial charge in [-0.1, -0.05) is 13.3 Å². The first-order valence-corrected chi connectivity index (χ1v) is 7.56. The lowest BCUT2D eigenvalue weighted by Crippen LogP contribution is -2.29. The summed E-state index contributed by atoms with van der Waals surface area (Å²) >= 11 is 0. The molecule has 1 rings (SSSR count). The highest BCUT2D eigenvalue weighted by Crippen LogP contribution is 2.09. The molecule has 0 aliphatic heterocycles. The summed E-state index contributed by atoms with van der Waals surface area (Å²) in [5, 5.41) is 4.13. The molecule has 6 heteroatoms. The van der Waals surface area contributed by atoms with E-state index in [1.165, 1.54) is 4.31 Å². The molecule has 17 heavy (non-hydrogen) atoms. The van der Waals surface area contributed by atoms with Crippen LogP contribution in [-0.2, 0) is 23.1 Å². The van der Waals surface area contributed by atoms with Crippen LogP contribution in [0.2, 0.25) is 0 Å². The first-order valence-electron chi connectivity index (χ1n) is 5.96. The van der Waals surface area contributed by atoms with Crippen LogP contribution in [0.3, 0.4) is 0 Å². The molecule has 0 N–H and O–H groups in total. The van der Waals surface area contributed by atoms with Crippen molar-refractivity contribution in [3.63, 3.8) is 0 Å². The summed E-state index contributed by atoms with van der Waals surface area (Å²) in [5.74, 6) is 0.222. The molecule has 0 bridgehead atoms. The predicted octanol–water partition coefficient (Wildman–Crippen LogP) is 1.46. The van der Waals surface area contributed by atoms with Gasteiger partial charge >= 0.3 is 0 Å². The summed E-state index contributed by atoms with van der Waals surface area (Å²) in [6.07, 6.45) is 3.30. The van der Waals surface area contributed by atoms with E-state index in [1.807, 2.05) is 24.6 Å². The van der Waals surface area contributed by atoms with Crippen molar-refractivity contribution in [1.29, 1.82) is 0 Å². The van der Waals surface area contributed by atoms with Crippen LogP contribution in [0.5, 0.6) is 0 Å². The summed E-state index contributed by atoms with van der Waals surface area (Å²) in [7, 11) is -1.51. The topological polar surface area (TPSA) is 55.2 Å². The first-order chi connectivity index (χ1) is 8.01. The Morgan fingerprint density at radius 2 is 2.12 bits per heavy atom. The maximum absolute atomic E-state index is 11.9. The van der Waals surface area contributed by atoms with Crippen LogP contribution in [0.15, 0.2) is 12.3 Å². The van der Waals surface area contributed by atoms with Crippen LogP contribution >= 0.6 is 0 Å². The molecule has 0 amide bonds. The summed E-state index contributed by atoms with van der Waals surface area (Å²) in [5.41, 5.74) is 0.926. The fraction of sp³-hybridized carbons (Fsp3) is 0.727. The van der Waals surface area contributed by atoms with Crippen LogP contribution in [0.25, 0.3) is 0 Å². The smallest absolute Gasteiger partial charge is 0.214 e. The second-order valence-corrected chi connectivity index (χ2v) is 6.26. The van der Waals surface area contributed by atoms with E-state index in [2.05, 4.69) is 5.10 Å². The van der Waals surface area contributed by atoms with Gasteiger partial charge in [-0.15, -0.1) is 0 Å². The van der Waals surface area contributed by atoms with Crippen molar-refractivity contribution in [3.05, 3.63) is 18.0 Å². The number of nitrogens with zero attached hydrogens (tertiary/aromatic N) is 3. The maximum Gasteiger partial charge on any atom is 0.214 e. The second-order valence-electron chi connectivity index (χ2n) is 4.06. The van der Waals surface area contributed by atoms with E-state index >= 15 is 0 Å². The van der Waals surface area contributed by atoms with Gasteiger partial charge in [0.1, 0.15) is 0 Å². The Labute approximate surface area is 103 Å². The van der Waals surface area contributed by atoms with Crippen molar-refractivity contribution < 1.29 is 8.42 Å².